The molecule has 1 fully saturated rings. The number of pyridine rings is 1. The molecule has 7 nitrogen and oxygen atoms in total. The van der Waals surface area contributed by atoms with Gasteiger partial charge in [-0.2, -0.15) is 0 Å². The van der Waals surface area contributed by atoms with E-state index in [-0.39, 0.29) is 17.3 Å². The molecule has 1 saturated carbocycles. The molecule has 0 radical (unpaired) electrons. The summed E-state index contributed by atoms with van der Waals surface area (Å²) in [6, 6.07) is 9.12. The normalized spacial score (nSPS) is 14.2. The first-order valence-corrected chi connectivity index (χ1v) is 11.0. The van der Waals surface area contributed by atoms with Crippen molar-refractivity contribution in [2.75, 3.05) is 31.5 Å². The van der Waals surface area contributed by atoms with E-state index in [2.05, 4.69) is 29.0 Å². The Morgan fingerprint density at radius 2 is 2.03 bits per heavy atom. The van der Waals surface area contributed by atoms with E-state index in [4.69, 9.17) is 4.74 Å². The number of aromatic nitrogens is 2. The predicted molar refractivity (Wildman–Crippen MR) is 122 cm³/mol. The Morgan fingerprint density at radius 1 is 1.23 bits per heavy atom. The van der Waals surface area contributed by atoms with E-state index in [1.54, 1.807) is 18.5 Å². The van der Waals surface area contributed by atoms with E-state index in [9.17, 15) is 9.59 Å². The zero-order valence-corrected chi connectivity index (χ0v) is 17.9. The highest BCUT2D eigenvalue weighted by molar-refractivity contribution is 6.07. The van der Waals surface area contributed by atoms with Gasteiger partial charge in [0.25, 0.3) is 0 Å². The van der Waals surface area contributed by atoms with Crippen molar-refractivity contribution in [2.45, 2.75) is 26.7 Å². The largest absolute Gasteiger partial charge is 0.426 e. The van der Waals surface area contributed by atoms with Crippen molar-refractivity contribution in [3.8, 4) is 5.75 Å². The number of benzene rings is 2. The third kappa shape index (κ3) is 3.49. The van der Waals surface area contributed by atoms with Crippen LogP contribution in [-0.2, 0) is 4.79 Å². The van der Waals surface area contributed by atoms with Crippen molar-refractivity contribution in [3.63, 3.8) is 0 Å². The fourth-order valence-electron chi connectivity index (χ4n) is 4.18. The van der Waals surface area contributed by atoms with E-state index < -0.39 is 0 Å². The lowest BCUT2D eigenvalue weighted by atomic mass is 10.1. The average Bonchev–Trinajstić information content (AvgIpc) is 3.55. The Hall–Kier alpha value is -3.19. The Kier molecular flexibility index (Phi) is 4.98. The number of anilines is 1. The molecule has 0 atom stereocenters. The highest BCUT2D eigenvalue weighted by Crippen LogP contribution is 2.32. The van der Waals surface area contributed by atoms with Crippen LogP contribution in [0.15, 0.2) is 41.5 Å². The van der Waals surface area contributed by atoms with Crippen LogP contribution in [0.1, 0.15) is 26.7 Å². The summed E-state index contributed by atoms with van der Waals surface area (Å²) in [6.45, 7) is 7.91. The number of nitrogens with zero attached hydrogens (tertiary/aromatic N) is 3. The number of hydrogen-bond acceptors (Lipinski definition) is 6. The summed E-state index contributed by atoms with van der Waals surface area (Å²) in [4.78, 5) is 32.5. The van der Waals surface area contributed by atoms with Gasteiger partial charge in [0.15, 0.2) is 5.43 Å². The first-order valence-electron chi connectivity index (χ1n) is 11.0. The number of fused-ring (bicyclic) bond motifs is 2. The molecule has 160 valence electrons. The molecular weight excluding hydrogens is 392 g/mol. The molecule has 0 spiro atoms. The van der Waals surface area contributed by atoms with Crippen LogP contribution in [0.25, 0.3) is 27.3 Å². The summed E-state index contributed by atoms with van der Waals surface area (Å²) < 4.78 is 7.45. The maximum atomic E-state index is 13.6. The lowest BCUT2D eigenvalue weighted by molar-refractivity contribution is -0.135. The lowest BCUT2D eigenvalue weighted by Gasteiger charge is -2.19. The second kappa shape index (κ2) is 7.81. The standard InChI is InChI=1S/C24H26N4O3/c1-3-27(4-2)12-11-25-18-8-9-19-22-21(18)23(29)17-13-16(31-24(30)15-5-6-15)7-10-20(17)28(22)14-26-19/h7-10,13-15,25H,3-6,11-12H2,1-2H3. The summed E-state index contributed by atoms with van der Waals surface area (Å²) >= 11 is 0. The van der Waals surface area contributed by atoms with Crippen molar-refractivity contribution in [3.05, 3.63) is 46.9 Å². The molecule has 7 heteroatoms. The van der Waals surface area contributed by atoms with Gasteiger partial charge < -0.3 is 15.0 Å². The monoisotopic (exact) mass is 418 g/mol. The van der Waals surface area contributed by atoms with Gasteiger partial charge in [-0.05, 0) is 56.3 Å². The van der Waals surface area contributed by atoms with E-state index >= 15 is 0 Å². The van der Waals surface area contributed by atoms with Crippen LogP contribution in [0.3, 0.4) is 0 Å². The molecule has 0 saturated heterocycles. The number of carbonyl (C=O) groups excluding carboxylic acids is 1. The Morgan fingerprint density at radius 3 is 2.77 bits per heavy atom. The molecular formula is C24H26N4O3. The minimum absolute atomic E-state index is 0.00217. The van der Waals surface area contributed by atoms with E-state index in [0.717, 1.165) is 61.3 Å². The summed E-state index contributed by atoms with van der Waals surface area (Å²) in [6.07, 6.45) is 3.51. The molecule has 5 rings (SSSR count). The average molecular weight is 418 g/mol. The highest BCUT2D eigenvalue weighted by Gasteiger charge is 2.31. The molecule has 0 bridgehead atoms. The van der Waals surface area contributed by atoms with Crippen LogP contribution in [0, 0.1) is 5.92 Å². The lowest BCUT2D eigenvalue weighted by Crippen LogP contribution is -2.28. The Labute approximate surface area is 180 Å². The molecule has 0 aliphatic heterocycles. The minimum atomic E-state index is -0.215. The van der Waals surface area contributed by atoms with Crippen LogP contribution in [0.2, 0.25) is 0 Å². The zero-order chi connectivity index (χ0) is 21.5. The number of rotatable bonds is 8. The molecule has 0 unspecified atom stereocenters. The van der Waals surface area contributed by atoms with Crippen molar-refractivity contribution in [1.82, 2.24) is 14.3 Å². The Bertz CT molecular complexity index is 1320. The first kappa shape index (κ1) is 19.8. The van der Waals surface area contributed by atoms with Gasteiger partial charge in [0, 0.05) is 18.8 Å². The summed E-state index contributed by atoms with van der Waals surface area (Å²) in [7, 11) is 0. The second-order valence-electron chi connectivity index (χ2n) is 8.13. The highest BCUT2D eigenvalue weighted by atomic mass is 16.5. The number of likely N-dealkylation sites (N-methyl/N-ethyl adjacent to an activating group) is 1. The second-order valence-corrected chi connectivity index (χ2v) is 8.13. The number of esters is 1. The van der Waals surface area contributed by atoms with E-state index in [1.807, 2.05) is 22.6 Å². The van der Waals surface area contributed by atoms with Crippen molar-refractivity contribution in [2.24, 2.45) is 5.92 Å². The minimum Gasteiger partial charge on any atom is -0.426 e. The molecule has 4 aromatic rings. The maximum Gasteiger partial charge on any atom is 0.314 e. The van der Waals surface area contributed by atoms with Gasteiger partial charge in [-0.1, -0.05) is 13.8 Å². The molecule has 2 heterocycles. The van der Waals surface area contributed by atoms with E-state index in [1.165, 1.54) is 0 Å². The molecule has 1 N–H and O–H groups in total. The first-order chi connectivity index (χ1) is 15.1. The van der Waals surface area contributed by atoms with Gasteiger partial charge >= 0.3 is 5.97 Å². The van der Waals surface area contributed by atoms with Crippen molar-refractivity contribution < 1.29 is 9.53 Å². The van der Waals surface area contributed by atoms with Crippen LogP contribution < -0.4 is 15.5 Å². The molecule has 31 heavy (non-hydrogen) atoms. The third-order valence-electron chi connectivity index (χ3n) is 6.18. The van der Waals surface area contributed by atoms with Gasteiger partial charge in [0.05, 0.1) is 33.2 Å². The predicted octanol–water partition coefficient (Wildman–Crippen LogP) is 3.51. The number of carbonyl (C=O) groups is 1. The Balaban J connectivity index is 1.59. The van der Waals surface area contributed by atoms with Gasteiger partial charge in [-0.25, -0.2) is 4.98 Å². The maximum absolute atomic E-state index is 13.6. The van der Waals surface area contributed by atoms with Crippen LogP contribution in [0.5, 0.6) is 5.75 Å². The third-order valence-corrected chi connectivity index (χ3v) is 6.18. The molecule has 1 aliphatic rings. The van der Waals surface area contributed by atoms with Gasteiger partial charge in [-0.15, -0.1) is 0 Å². The van der Waals surface area contributed by atoms with Gasteiger partial charge in [-0.3, -0.25) is 14.0 Å². The van der Waals surface area contributed by atoms with Crippen LogP contribution in [-0.4, -0.2) is 46.4 Å². The molecule has 2 aromatic heterocycles. The fourth-order valence-corrected chi connectivity index (χ4v) is 4.18. The van der Waals surface area contributed by atoms with Crippen molar-refractivity contribution >= 4 is 39.0 Å². The number of ether oxygens (including phenoxy) is 1. The quantitative estimate of drug-likeness (QED) is 0.268. The molecule has 0 amide bonds. The summed E-state index contributed by atoms with van der Waals surface area (Å²) in [5.41, 5.74) is 3.08. The smallest absolute Gasteiger partial charge is 0.314 e. The summed E-state index contributed by atoms with van der Waals surface area (Å²) in [5.74, 6) is 0.200. The van der Waals surface area contributed by atoms with Crippen molar-refractivity contribution in [1.29, 1.82) is 0 Å². The number of imidazole rings is 1. The molecule has 1 aliphatic carbocycles. The zero-order valence-electron chi connectivity index (χ0n) is 17.9. The molecule has 2 aromatic carbocycles. The fraction of sp³-hybridized carbons (Fsp3) is 0.375. The number of hydrogen-bond donors (Lipinski definition) is 1. The SMILES string of the molecule is CCN(CC)CCNc1ccc2ncn3c4ccc(OC(=O)C5CC5)cc4c(=O)c1c23. The topological polar surface area (TPSA) is 75.9 Å². The number of nitrogens with one attached hydrogen (secondary N) is 1. The van der Waals surface area contributed by atoms with Crippen LogP contribution >= 0.6 is 0 Å². The van der Waals surface area contributed by atoms with Gasteiger partial charge in [0.1, 0.15) is 12.1 Å². The van der Waals surface area contributed by atoms with Crippen LogP contribution in [0.4, 0.5) is 5.69 Å². The summed E-state index contributed by atoms with van der Waals surface area (Å²) in [5, 5.41) is 4.59. The van der Waals surface area contributed by atoms with E-state index in [0.29, 0.717) is 16.5 Å². The van der Waals surface area contributed by atoms with Gasteiger partial charge in [0.2, 0.25) is 0 Å².